The van der Waals surface area contributed by atoms with Crippen LogP contribution in [-0.2, 0) is 0 Å². The highest BCUT2D eigenvalue weighted by Crippen LogP contribution is 2.25. The molecule has 0 amide bonds. The van der Waals surface area contributed by atoms with Crippen LogP contribution >= 0.6 is 11.6 Å². The molecule has 0 aromatic carbocycles. The van der Waals surface area contributed by atoms with Gasteiger partial charge in [-0.15, -0.1) is 0 Å². The van der Waals surface area contributed by atoms with E-state index in [0.717, 1.165) is 25.2 Å². The number of H-pyrrole nitrogens is 1. The second-order valence-electron chi connectivity index (χ2n) is 5.03. The number of anilines is 1. The van der Waals surface area contributed by atoms with E-state index in [1.54, 1.807) is 24.5 Å². The van der Waals surface area contributed by atoms with Crippen LogP contribution in [0.2, 0.25) is 5.02 Å². The number of hydrogen-bond acceptors (Lipinski definition) is 5. The summed E-state index contributed by atoms with van der Waals surface area (Å²) < 4.78 is 0. The summed E-state index contributed by atoms with van der Waals surface area (Å²) in [7, 11) is 0. The zero-order valence-electron chi connectivity index (χ0n) is 11.6. The molecule has 2 aromatic rings. The molecule has 1 atom stereocenters. The van der Waals surface area contributed by atoms with Gasteiger partial charge in [0.05, 0.1) is 0 Å². The third-order valence-electron chi connectivity index (χ3n) is 3.57. The minimum absolute atomic E-state index is 0.140. The van der Waals surface area contributed by atoms with Gasteiger partial charge in [-0.25, -0.2) is 4.98 Å². The van der Waals surface area contributed by atoms with Crippen molar-refractivity contribution in [3.05, 3.63) is 39.9 Å². The average molecular weight is 306 g/mol. The largest absolute Gasteiger partial charge is 0.350 e. The first kappa shape index (κ1) is 14.0. The second-order valence-corrected chi connectivity index (χ2v) is 5.41. The summed E-state index contributed by atoms with van der Waals surface area (Å²) in [5.74, 6) is 1.05. The molecular weight excluding hydrogens is 290 g/mol. The second kappa shape index (κ2) is 5.83. The van der Waals surface area contributed by atoms with E-state index in [2.05, 4.69) is 32.1 Å². The van der Waals surface area contributed by atoms with Crippen molar-refractivity contribution >= 4 is 17.4 Å². The van der Waals surface area contributed by atoms with Crippen LogP contribution in [0.5, 0.6) is 0 Å². The molecule has 0 aliphatic carbocycles. The topological polar surface area (TPSA) is 73.9 Å². The van der Waals surface area contributed by atoms with Crippen molar-refractivity contribution in [1.29, 1.82) is 0 Å². The molecule has 3 rings (SSSR count). The molecule has 21 heavy (non-hydrogen) atoms. The molecule has 1 aliphatic rings. The monoisotopic (exact) mass is 305 g/mol. The van der Waals surface area contributed by atoms with Crippen LogP contribution in [0.25, 0.3) is 11.4 Å². The van der Waals surface area contributed by atoms with Gasteiger partial charge in [-0.05, 0) is 19.1 Å². The molecular formula is C14H16ClN5O. The van der Waals surface area contributed by atoms with Gasteiger partial charge in [0, 0.05) is 43.6 Å². The van der Waals surface area contributed by atoms with E-state index in [1.807, 2.05) is 0 Å². The van der Waals surface area contributed by atoms with E-state index in [9.17, 15) is 4.79 Å². The molecule has 0 saturated carbocycles. The first-order chi connectivity index (χ1) is 10.2. The number of halogens is 1. The molecule has 1 aliphatic heterocycles. The van der Waals surface area contributed by atoms with Crippen LogP contribution in [0.3, 0.4) is 0 Å². The van der Waals surface area contributed by atoms with Gasteiger partial charge in [0.2, 0.25) is 0 Å². The summed E-state index contributed by atoms with van der Waals surface area (Å²) in [6.45, 7) is 4.54. The number of nitrogens with one attached hydrogen (secondary N) is 2. The summed E-state index contributed by atoms with van der Waals surface area (Å²) in [4.78, 5) is 25.4. The lowest BCUT2D eigenvalue weighted by atomic mass is 10.2. The Morgan fingerprint density at radius 3 is 2.86 bits per heavy atom. The van der Waals surface area contributed by atoms with Gasteiger partial charge in [-0.1, -0.05) is 11.6 Å². The van der Waals surface area contributed by atoms with Crippen LogP contribution < -0.4 is 15.8 Å². The van der Waals surface area contributed by atoms with Crippen LogP contribution in [0.15, 0.2) is 29.3 Å². The Morgan fingerprint density at radius 1 is 1.38 bits per heavy atom. The van der Waals surface area contributed by atoms with Gasteiger partial charge < -0.3 is 15.2 Å². The molecule has 0 radical (unpaired) electrons. The third kappa shape index (κ3) is 2.77. The zero-order valence-corrected chi connectivity index (χ0v) is 12.4. The maximum absolute atomic E-state index is 12.1. The van der Waals surface area contributed by atoms with Crippen molar-refractivity contribution in [2.45, 2.75) is 13.0 Å². The fourth-order valence-corrected chi connectivity index (χ4v) is 2.64. The summed E-state index contributed by atoms with van der Waals surface area (Å²) in [5, 5.41) is 3.45. The van der Waals surface area contributed by atoms with E-state index in [4.69, 9.17) is 11.6 Å². The molecule has 2 N–H and O–H groups in total. The standard InChI is InChI=1S/C14H16ClN5O/c1-9-8-17-6-7-20(9)13-11(15)14(21)19-12(18-13)10-2-4-16-5-3-10/h2-5,9,17H,6-8H2,1H3,(H,18,19,21). The molecule has 1 fully saturated rings. The Hall–Kier alpha value is -1.92. The summed E-state index contributed by atoms with van der Waals surface area (Å²) in [6.07, 6.45) is 3.33. The van der Waals surface area contributed by atoms with Crippen LogP contribution in [0.1, 0.15) is 6.92 Å². The Kier molecular flexibility index (Phi) is 3.90. The number of pyridine rings is 1. The van der Waals surface area contributed by atoms with E-state index in [-0.39, 0.29) is 16.6 Å². The van der Waals surface area contributed by atoms with Crippen molar-refractivity contribution in [1.82, 2.24) is 20.3 Å². The van der Waals surface area contributed by atoms with Crippen molar-refractivity contribution in [2.24, 2.45) is 0 Å². The molecule has 1 saturated heterocycles. The lowest BCUT2D eigenvalue weighted by Crippen LogP contribution is -2.50. The van der Waals surface area contributed by atoms with Crippen molar-refractivity contribution in [3.8, 4) is 11.4 Å². The molecule has 7 heteroatoms. The Labute approximate surface area is 127 Å². The number of rotatable bonds is 2. The predicted octanol–water partition coefficient (Wildman–Crippen LogP) is 1.28. The van der Waals surface area contributed by atoms with Crippen molar-refractivity contribution in [3.63, 3.8) is 0 Å². The van der Waals surface area contributed by atoms with Gasteiger partial charge in [-0.3, -0.25) is 9.78 Å². The first-order valence-corrected chi connectivity index (χ1v) is 7.22. The average Bonchev–Trinajstić information content (AvgIpc) is 2.51. The van der Waals surface area contributed by atoms with Gasteiger partial charge in [0.25, 0.3) is 5.56 Å². The van der Waals surface area contributed by atoms with Crippen molar-refractivity contribution in [2.75, 3.05) is 24.5 Å². The smallest absolute Gasteiger partial charge is 0.272 e. The van der Waals surface area contributed by atoms with Crippen LogP contribution in [-0.4, -0.2) is 40.6 Å². The van der Waals surface area contributed by atoms with Gasteiger partial charge in [0.1, 0.15) is 10.8 Å². The molecule has 2 aromatic heterocycles. The number of nitrogens with zero attached hydrogens (tertiary/aromatic N) is 3. The highest BCUT2D eigenvalue weighted by molar-refractivity contribution is 6.32. The summed E-state index contributed by atoms with van der Waals surface area (Å²) >= 11 is 6.17. The fourth-order valence-electron chi connectivity index (χ4n) is 2.44. The maximum atomic E-state index is 12.1. The normalized spacial score (nSPS) is 18.8. The minimum Gasteiger partial charge on any atom is -0.350 e. The maximum Gasteiger partial charge on any atom is 0.272 e. The summed E-state index contributed by atoms with van der Waals surface area (Å²) in [5.41, 5.74) is 0.488. The lowest BCUT2D eigenvalue weighted by molar-refractivity contribution is 0.497. The summed E-state index contributed by atoms with van der Waals surface area (Å²) in [6, 6.07) is 3.84. The quantitative estimate of drug-likeness (QED) is 0.874. The molecule has 3 heterocycles. The Morgan fingerprint density at radius 2 is 2.14 bits per heavy atom. The number of aromatic amines is 1. The molecule has 0 bridgehead atoms. The third-order valence-corrected chi connectivity index (χ3v) is 3.91. The molecule has 6 nitrogen and oxygen atoms in total. The predicted molar refractivity (Wildman–Crippen MR) is 82.8 cm³/mol. The Bertz CT molecular complexity index is 688. The Balaban J connectivity index is 2.08. The SMILES string of the molecule is CC1CNCCN1c1nc(-c2ccncc2)[nH]c(=O)c1Cl. The first-order valence-electron chi connectivity index (χ1n) is 6.84. The van der Waals surface area contributed by atoms with Gasteiger partial charge in [-0.2, -0.15) is 0 Å². The molecule has 1 unspecified atom stereocenters. The van der Waals surface area contributed by atoms with E-state index in [1.165, 1.54) is 0 Å². The van der Waals surface area contributed by atoms with Gasteiger partial charge >= 0.3 is 0 Å². The van der Waals surface area contributed by atoms with E-state index in [0.29, 0.717) is 11.6 Å². The van der Waals surface area contributed by atoms with E-state index < -0.39 is 0 Å². The minimum atomic E-state index is -0.320. The fraction of sp³-hybridized carbons (Fsp3) is 0.357. The zero-order chi connectivity index (χ0) is 14.8. The number of piperazine rings is 1. The highest BCUT2D eigenvalue weighted by Gasteiger charge is 2.23. The number of hydrogen-bond donors (Lipinski definition) is 2. The molecule has 110 valence electrons. The van der Waals surface area contributed by atoms with Crippen LogP contribution in [0, 0.1) is 0 Å². The highest BCUT2D eigenvalue weighted by atomic mass is 35.5. The van der Waals surface area contributed by atoms with Crippen molar-refractivity contribution < 1.29 is 0 Å². The molecule has 0 spiro atoms. The lowest BCUT2D eigenvalue weighted by Gasteiger charge is -2.35. The van der Waals surface area contributed by atoms with Gasteiger partial charge in [0.15, 0.2) is 5.82 Å². The number of aromatic nitrogens is 3. The van der Waals surface area contributed by atoms with E-state index >= 15 is 0 Å². The van der Waals surface area contributed by atoms with Crippen LogP contribution in [0.4, 0.5) is 5.82 Å².